The van der Waals surface area contributed by atoms with Crippen LogP contribution in [0.15, 0.2) is 12.4 Å². The highest BCUT2D eigenvalue weighted by molar-refractivity contribution is 5.70. The molecule has 1 amide bonds. The molecule has 0 saturated carbocycles. The highest BCUT2D eigenvalue weighted by Gasteiger charge is 2.50. The van der Waals surface area contributed by atoms with Crippen molar-refractivity contribution in [3.05, 3.63) is 18.1 Å². The van der Waals surface area contributed by atoms with Gasteiger partial charge >= 0.3 is 6.09 Å². The molecular weight excluding hydrogens is 280 g/mol. The number of hydrogen-bond acceptors (Lipinski definition) is 5. The number of nitrogens with zero attached hydrogens (tertiary/aromatic N) is 3. The summed E-state index contributed by atoms with van der Waals surface area (Å²) in [5.41, 5.74) is 0.443. The summed E-state index contributed by atoms with van der Waals surface area (Å²) in [4.78, 5) is 22.9. The summed E-state index contributed by atoms with van der Waals surface area (Å²) in [5, 5.41) is 3.42. The molecule has 2 fully saturated rings. The first-order valence-electron chi connectivity index (χ1n) is 7.90. The Balaban J connectivity index is 1.67. The van der Waals surface area contributed by atoms with Crippen molar-refractivity contribution in [2.45, 2.75) is 70.7 Å². The van der Waals surface area contributed by atoms with Gasteiger partial charge in [0.05, 0.1) is 30.2 Å². The molecule has 1 N–H and O–H groups in total. The number of amides is 1. The molecule has 0 radical (unpaired) electrons. The van der Waals surface area contributed by atoms with E-state index in [-0.39, 0.29) is 24.2 Å². The van der Waals surface area contributed by atoms with Gasteiger partial charge in [-0.1, -0.05) is 0 Å². The molecule has 6 nitrogen and oxygen atoms in total. The Morgan fingerprint density at radius 2 is 2.09 bits per heavy atom. The molecule has 0 aliphatic carbocycles. The topological polar surface area (TPSA) is 67.4 Å². The number of aryl methyl sites for hydroxylation is 1. The monoisotopic (exact) mass is 304 g/mol. The van der Waals surface area contributed by atoms with Crippen LogP contribution < -0.4 is 5.32 Å². The molecule has 6 heteroatoms. The van der Waals surface area contributed by atoms with Gasteiger partial charge in [-0.15, -0.1) is 0 Å². The van der Waals surface area contributed by atoms with Gasteiger partial charge in [0.2, 0.25) is 0 Å². The number of ether oxygens (including phenoxy) is 1. The Morgan fingerprint density at radius 1 is 1.32 bits per heavy atom. The molecule has 0 aromatic carbocycles. The van der Waals surface area contributed by atoms with E-state index in [2.05, 4.69) is 15.3 Å². The van der Waals surface area contributed by atoms with E-state index in [1.54, 1.807) is 12.4 Å². The third kappa shape index (κ3) is 3.00. The van der Waals surface area contributed by atoms with Gasteiger partial charge in [0.1, 0.15) is 11.4 Å². The molecule has 2 aliphatic rings. The number of carbonyl (C=O) groups excluding carboxylic acids is 1. The maximum absolute atomic E-state index is 12.4. The fourth-order valence-electron chi connectivity index (χ4n) is 3.40. The van der Waals surface area contributed by atoms with Crippen LogP contribution in [0.1, 0.15) is 45.7 Å². The van der Waals surface area contributed by atoms with Crippen LogP contribution >= 0.6 is 0 Å². The van der Waals surface area contributed by atoms with Crippen molar-refractivity contribution in [3.8, 4) is 0 Å². The Labute approximate surface area is 131 Å². The number of nitrogens with one attached hydrogen (secondary N) is 1. The number of fused-ring (bicyclic) bond motifs is 2. The molecule has 0 unspecified atom stereocenters. The van der Waals surface area contributed by atoms with Gasteiger partial charge in [-0.2, -0.15) is 0 Å². The van der Waals surface area contributed by atoms with Gasteiger partial charge in [-0.05, 0) is 47.0 Å². The van der Waals surface area contributed by atoms with Crippen molar-refractivity contribution in [1.82, 2.24) is 14.9 Å². The van der Waals surface area contributed by atoms with Crippen LogP contribution in [0.4, 0.5) is 10.6 Å². The van der Waals surface area contributed by atoms with Gasteiger partial charge in [-0.25, -0.2) is 9.78 Å². The Morgan fingerprint density at radius 3 is 2.73 bits per heavy atom. The number of aromatic nitrogens is 2. The maximum atomic E-state index is 12.4. The lowest BCUT2D eigenvalue weighted by molar-refractivity contribution is 0.0214. The van der Waals surface area contributed by atoms with Gasteiger partial charge in [-0.3, -0.25) is 4.98 Å². The lowest BCUT2D eigenvalue weighted by Crippen LogP contribution is -2.42. The lowest BCUT2D eigenvalue weighted by atomic mass is 9.95. The zero-order valence-electron chi connectivity index (χ0n) is 13.7. The molecule has 2 bridgehead atoms. The molecule has 1 aromatic rings. The van der Waals surface area contributed by atoms with Crippen LogP contribution in [-0.4, -0.2) is 44.7 Å². The number of hydrogen-bond donors (Lipinski definition) is 1. The summed E-state index contributed by atoms with van der Waals surface area (Å²) >= 11 is 0. The first-order valence-corrected chi connectivity index (χ1v) is 7.90. The van der Waals surface area contributed by atoms with Crippen molar-refractivity contribution in [2.75, 3.05) is 5.32 Å². The summed E-state index contributed by atoms with van der Waals surface area (Å²) in [6, 6.07) is 0.682. The quantitative estimate of drug-likeness (QED) is 0.910. The second-order valence-electron chi connectivity index (χ2n) is 7.22. The molecule has 2 aliphatic heterocycles. The molecule has 2 saturated heterocycles. The van der Waals surface area contributed by atoms with E-state index in [4.69, 9.17) is 4.74 Å². The predicted octanol–water partition coefficient (Wildman–Crippen LogP) is 2.74. The molecule has 22 heavy (non-hydrogen) atoms. The van der Waals surface area contributed by atoms with Crippen molar-refractivity contribution >= 4 is 11.9 Å². The summed E-state index contributed by atoms with van der Waals surface area (Å²) in [6.45, 7) is 7.63. The van der Waals surface area contributed by atoms with E-state index in [1.165, 1.54) is 0 Å². The van der Waals surface area contributed by atoms with Crippen LogP contribution in [0.3, 0.4) is 0 Å². The number of anilines is 1. The normalized spacial score (nSPS) is 27.1. The van der Waals surface area contributed by atoms with Crippen LogP contribution in [0.2, 0.25) is 0 Å². The minimum atomic E-state index is -0.454. The van der Waals surface area contributed by atoms with Crippen molar-refractivity contribution in [2.24, 2.45) is 0 Å². The predicted molar refractivity (Wildman–Crippen MR) is 83.7 cm³/mol. The maximum Gasteiger partial charge on any atom is 0.410 e. The van der Waals surface area contributed by atoms with Crippen molar-refractivity contribution in [1.29, 1.82) is 0 Å². The fourth-order valence-corrected chi connectivity index (χ4v) is 3.40. The minimum absolute atomic E-state index is 0.183. The first-order chi connectivity index (χ1) is 10.3. The summed E-state index contributed by atoms with van der Waals surface area (Å²) in [5.74, 6) is 0.771. The Bertz CT molecular complexity index is 552. The van der Waals surface area contributed by atoms with E-state index >= 15 is 0 Å². The average Bonchev–Trinajstić information content (AvgIpc) is 2.97. The van der Waals surface area contributed by atoms with Gasteiger partial charge < -0.3 is 15.0 Å². The van der Waals surface area contributed by atoms with Gasteiger partial charge in [0.15, 0.2) is 0 Å². The molecule has 3 heterocycles. The molecular formula is C16H24N4O2. The number of carbonyl (C=O) groups is 1. The third-order valence-corrected chi connectivity index (χ3v) is 4.26. The van der Waals surface area contributed by atoms with E-state index in [9.17, 15) is 4.79 Å². The van der Waals surface area contributed by atoms with Gasteiger partial charge in [0, 0.05) is 6.04 Å². The standard InChI is InChI=1S/C16H24N4O2/c1-10-8-18-14(9-17-10)19-12-7-11-5-6-13(12)20(11)15(21)22-16(2,3)4/h8-9,11-13H,5-7H2,1-4H3,(H,18,19)/t11-,12-,13+/m1/s1. The highest BCUT2D eigenvalue weighted by atomic mass is 16.6. The zero-order valence-corrected chi connectivity index (χ0v) is 13.7. The summed E-state index contributed by atoms with van der Waals surface area (Å²) in [6.07, 6.45) is 6.32. The zero-order chi connectivity index (χ0) is 15.9. The van der Waals surface area contributed by atoms with Gasteiger partial charge in [0.25, 0.3) is 0 Å². The summed E-state index contributed by atoms with van der Waals surface area (Å²) < 4.78 is 5.55. The largest absolute Gasteiger partial charge is 0.444 e. The lowest BCUT2D eigenvalue weighted by Gasteiger charge is -2.28. The van der Waals surface area contributed by atoms with Crippen LogP contribution in [0.25, 0.3) is 0 Å². The highest BCUT2D eigenvalue weighted by Crippen LogP contribution is 2.39. The second kappa shape index (κ2) is 5.41. The van der Waals surface area contributed by atoms with Crippen LogP contribution in [0, 0.1) is 6.92 Å². The van der Waals surface area contributed by atoms with Crippen molar-refractivity contribution in [3.63, 3.8) is 0 Å². The molecule has 1 aromatic heterocycles. The SMILES string of the molecule is Cc1cnc(N[C@@H]2C[C@H]3CC[C@@H]2N3C(=O)OC(C)(C)C)cn1. The van der Waals surface area contributed by atoms with E-state index < -0.39 is 5.60 Å². The van der Waals surface area contributed by atoms with Crippen LogP contribution in [-0.2, 0) is 4.74 Å². The average molecular weight is 304 g/mol. The molecule has 120 valence electrons. The van der Waals surface area contributed by atoms with E-state index in [1.807, 2.05) is 32.6 Å². The van der Waals surface area contributed by atoms with Crippen molar-refractivity contribution < 1.29 is 9.53 Å². The smallest absolute Gasteiger partial charge is 0.410 e. The third-order valence-electron chi connectivity index (χ3n) is 4.26. The second-order valence-corrected chi connectivity index (χ2v) is 7.22. The Hall–Kier alpha value is -1.85. The Kier molecular flexibility index (Phi) is 3.70. The summed E-state index contributed by atoms with van der Waals surface area (Å²) in [7, 11) is 0. The minimum Gasteiger partial charge on any atom is -0.444 e. The molecule has 0 spiro atoms. The van der Waals surface area contributed by atoms with E-state index in [0.29, 0.717) is 0 Å². The fraction of sp³-hybridized carbons (Fsp3) is 0.688. The van der Waals surface area contributed by atoms with Crippen LogP contribution in [0.5, 0.6) is 0 Å². The molecule has 3 rings (SSSR count). The first kappa shape index (κ1) is 15.1. The van der Waals surface area contributed by atoms with E-state index in [0.717, 1.165) is 30.8 Å². The number of rotatable bonds is 2. The molecule has 3 atom stereocenters.